The molecule has 0 aromatic heterocycles. The van der Waals surface area contributed by atoms with Crippen molar-refractivity contribution in [2.45, 2.75) is 88.9 Å². The van der Waals surface area contributed by atoms with Gasteiger partial charge in [-0.2, -0.15) is 0 Å². The second kappa shape index (κ2) is 6.66. The maximum Gasteiger partial charge on any atom is 0.244 e. The highest BCUT2D eigenvalue weighted by Gasteiger charge is 2.51. The Kier molecular flexibility index (Phi) is 4.85. The molecule has 0 bridgehead atoms. The zero-order valence-corrected chi connectivity index (χ0v) is 13.4. The van der Waals surface area contributed by atoms with Crippen LogP contribution in [0, 0.1) is 0 Å². The smallest absolute Gasteiger partial charge is 0.244 e. The predicted molar refractivity (Wildman–Crippen MR) is 83.0 cm³/mol. The van der Waals surface area contributed by atoms with Crippen molar-refractivity contribution >= 4 is 5.91 Å². The maximum absolute atomic E-state index is 12.9. The molecule has 2 unspecified atom stereocenters. The third-order valence-electron chi connectivity index (χ3n) is 5.47. The van der Waals surface area contributed by atoms with Crippen LogP contribution in [-0.2, 0) is 9.53 Å². The van der Waals surface area contributed by atoms with Crippen molar-refractivity contribution < 1.29 is 9.53 Å². The Balaban J connectivity index is 1.61. The molecule has 4 heteroatoms. The van der Waals surface area contributed by atoms with Gasteiger partial charge in [-0.1, -0.05) is 26.2 Å². The average Bonchev–Trinajstić information content (AvgIpc) is 3.07. The monoisotopic (exact) mass is 294 g/mol. The lowest BCUT2D eigenvalue weighted by atomic mass is 9.98. The number of ether oxygens (including phenoxy) is 1. The zero-order chi connectivity index (χ0) is 14.7. The van der Waals surface area contributed by atoms with Crippen LogP contribution in [0.3, 0.4) is 0 Å². The first kappa shape index (κ1) is 15.3. The van der Waals surface area contributed by atoms with E-state index >= 15 is 0 Å². The second-order valence-electron chi connectivity index (χ2n) is 7.01. The largest absolute Gasteiger partial charge is 0.378 e. The van der Waals surface area contributed by atoms with Gasteiger partial charge in [-0.05, 0) is 44.9 Å². The van der Waals surface area contributed by atoms with Gasteiger partial charge in [0.2, 0.25) is 5.91 Å². The Morgan fingerprint density at radius 1 is 1.24 bits per heavy atom. The van der Waals surface area contributed by atoms with Crippen molar-refractivity contribution in [3.63, 3.8) is 0 Å². The highest BCUT2D eigenvalue weighted by molar-refractivity contribution is 5.89. The molecule has 0 radical (unpaired) electrons. The van der Waals surface area contributed by atoms with Gasteiger partial charge in [0.1, 0.15) is 0 Å². The molecule has 2 saturated heterocycles. The number of carbonyl (C=O) groups excluding carboxylic acids is 1. The van der Waals surface area contributed by atoms with Crippen LogP contribution in [-0.4, -0.2) is 41.8 Å². The van der Waals surface area contributed by atoms with Gasteiger partial charge in [0, 0.05) is 13.2 Å². The normalized spacial score (nSPS) is 32.2. The summed E-state index contributed by atoms with van der Waals surface area (Å²) in [7, 11) is 0. The Morgan fingerprint density at radius 2 is 2.05 bits per heavy atom. The summed E-state index contributed by atoms with van der Waals surface area (Å²) in [6.45, 7) is 3.97. The number of hydrogen-bond donors (Lipinski definition) is 1. The Labute approximate surface area is 128 Å². The number of carbonyl (C=O) groups is 1. The maximum atomic E-state index is 12.9. The van der Waals surface area contributed by atoms with Crippen molar-refractivity contribution in [2.24, 2.45) is 0 Å². The summed E-state index contributed by atoms with van der Waals surface area (Å²) < 4.78 is 5.83. The van der Waals surface area contributed by atoms with Gasteiger partial charge in [-0.15, -0.1) is 0 Å². The number of hydrogen-bond acceptors (Lipinski definition) is 3. The standard InChI is InChI=1S/C17H30N2O2/c1-2-7-15-18-17(10-4-5-11-17)16(20)19(15)12-9-14-8-3-6-13-21-14/h14-15,18H,2-13H2,1H3. The van der Waals surface area contributed by atoms with Gasteiger partial charge >= 0.3 is 0 Å². The van der Waals surface area contributed by atoms with Crippen molar-refractivity contribution in [1.82, 2.24) is 10.2 Å². The molecule has 1 N–H and O–H groups in total. The molecule has 3 aliphatic rings. The van der Waals surface area contributed by atoms with Gasteiger partial charge in [-0.25, -0.2) is 0 Å². The summed E-state index contributed by atoms with van der Waals surface area (Å²) >= 11 is 0. The third kappa shape index (κ3) is 3.11. The molecule has 2 aliphatic heterocycles. The first-order valence-corrected chi connectivity index (χ1v) is 8.95. The van der Waals surface area contributed by atoms with Gasteiger partial charge in [0.05, 0.1) is 17.8 Å². The Morgan fingerprint density at radius 3 is 2.71 bits per heavy atom. The molecule has 1 aliphatic carbocycles. The minimum Gasteiger partial charge on any atom is -0.378 e. The lowest BCUT2D eigenvalue weighted by Crippen LogP contribution is -2.44. The van der Waals surface area contributed by atoms with Crippen molar-refractivity contribution in [3.8, 4) is 0 Å². The van der Waals surface area contributed by atoms with E-state index in [1.165, 1.54) is 32.1 Å². The van der Waals surface area contributed by atoms with E-state index in [1.54, 1.807) is 0 Å². The predicted octanol–water partition coefficient (Wildman–Crippen LogP) is 2.82. The highest BCUT2D eigenvalue weighted by Crippen LogP contribution is 2.37. The molecule has 0 aromatic rings. The van der Waals surface area contributed by atoms with Gasteiger partial charge < -0.3 is 9.64 Å². The molecule has 2 atom stereocenters. The zero-order valence-electron chi connectivity index (χ0n) is 13.4. The minimum atomic E-state index is -0.215. The number of rotatable bonds is 5. The average molecular weight is 294 g/mol. The minimum absolute atomic E-state index is 0.215. The lowest BCUT2D eigenvalue weighted by molar-refractivity contribution is -0.133. The summed E-state index contributed by atoms with van der Waals surface area (Å²) in [4.78, 5) is 15.0. The van der Waals surface area contributed by atoms with Crippen LogP contribution in [0.1, 0.15) is 71.1 Å². The summed E-state index contributed by atoms with van der Waals surface area (Å²) in [5.41, 5.74) is -0.215. The Hall–Kier alpha value is -0.610. The second-order valence-corrected chi connectivity index (χ2v) is 7.01. The fraction of sp³-hybridized carbons (Fsp3) is 0.941. The molecule has 21 heavy (non-hydrogen) atoms. The first-order valence-electron chi connectivity index (χ1n) is 8.95. The van der Waals surface area contributed by atoms with Gasteiger partial charge in [0.25, 0.3) is 0 Å². The molecular weight excluding hydrogens is 264 g/mol. The highest BCUT2D eigenvalue weighted by atomic mass is 16.5. The molecule has 1 spiro atoms. The summed E-state index contributed by atoms with van der Waals surface area (Å²) in [6, 6.07) is 0. The van der Waals surface area contributed by atoms with Crippen molar-refractivity contribution in [2.75, 3.05) is 13.2 Å². The summed E-state index contributed by atoms with van der Waals surface area (Å²) in [6.07, 6.45) is 11.9. The molecule has 4 nitrogen and oxygen atoms in total. The van der Waals surface area contributed by atoms with E-state index in [0.717, 1.165) is 45.3 Å². The van der Waals surface area contributed by atoms with Crippen LogP contribution < -0.4 is 5.32 Å². The van der Waals surface area contributed by atoms with Gasteiger partial charge in [-0.3, -0.25) is 10.1 Å². The summed E-state index contributed by atoms with van der Waals surface area (Å²) in [5.74, 6) is 0.370. The van der Waals surface area contributed by atoms with Crippen LogP contribution in [0.2, 0.25) is 0 Å². The van der Waals surface area contributed by atoms with Crippen molar-refractivity contribution in [1.29, 1.82) is 0 Å². The van der Waals surface area contributed by atoms with E-state index in [1.807, 2.05) is 0 Å². The molecule has 3 fully saturated rings. The lowest BCUT2D eigenvalue weighted by Gasteiger charge is -2.28. The van der Waals surface area contributed by atoms with Crippen molar-refractivity contribution in [3.05, 3.63) is 0 Å². The Bertz CT molecular complexity index is 360. The molecule has 120 valence electrons. The topological polar surface area (TPSA) is 41.6 Å². The van der Waals surface area contributed by atoms with E-state index in [4.69, 9.17) is 4.74 Å². The van der Waals surface area contributed by atoms with E-state index in [2.05, 4.69) is 17.1 Å². The van der Waals surface area contributed by atoms with Gasteiger partial charge in [0.15, 0.2) is 0 Å². The van der Waals surface area contributed by atoms with E-state index < -0.39 is 0 Å². The van der Waals surface area contributed by atoms with Crippen LogP contribution in [0.25, 0.3) is 0 Å². The SMILES string of the molecule is CCCC1NC2(CCCC2)C(=O)N1CCC1CCCCO1. The van der Waals surface area contributed by atoms with E-state index in [0.29, 0.717) is 12.0 Å². The summed E-state index contributed by atoms with van der Waals surface area (Å²) in [5, 5.41) is 3.69. The fourth-order valence-electron chi connectivity index (χ4n) is 4.29. The third-order valence-corrected chi connectivity index (χ3v) is 5.47. The van der Waals surface area contributed by atoms with Crippen LogP contribution in [0.4, 0.5) is 0 Å². The van der Waals surface area contributed by atoms with Crippen LogP contribution in [0.5, 0.6) is 0 Å². The molecule has 0 aromatic carbocycles. The number of nitrogens with one attached hydrogen (secondary N) is 1. The number of nitrogens with zero attached hydrogens (tertiary/aromatic N) is 1. The fourth-order valence-corrected chi connectivity index (χ4v) is 4.29. The number of amides is 1. The van der Waals surface area contributed by atoms with Crippen LogP contribution >= 0.6 is 0 Å². The van der Waals surface area contributed by atoms with E-state index in [-0.39, 0.29) is 11.7 Å². The first-order chi connectivity index (χ1) is 10.2. The molecule has 3 rings (SSSR count). The quantitative estimate of drug-likeness (QED) is 0.848. The molecule has 2 heterocycles. The van der Waals surface area contributed by atoms with Crippen LogP contribution in [0.15, 0.2) is 0 Å². The molecular formula is C17H30N2O2. The molecule has 1 saturated carbocycles. The molecule has 1 amide bonds. The van der Waals surface area contributed by atoms with E-state index in [9.17, 15) is 4.79 Å².